The van der Waals surface area contributed by atoms with E-state index >= 15 is 0 Å². The first-order valence-corrected chi connectivity index (χ1v) is 8.15. The molecule has 0 aliphatic heterocycles. The van der Waals surface area contributed by atoms with Crippen LogP contribution < -0.4 is 5.32 Å². The van der Waals surface area contributed by atoms with Crippen LogP contribution in [0.5, 0.6) is 0 Å². The zero-order valence-electron chi connectivity index (χ0n) is 12.2. The summed E-state index contributed by atoms with van der Waals surface area (Å²) in [6.07, 6.45) is 3.72. The van der Waals surface area contributed by atoms with Gasteiger partial charge in [-0.3, -0.25) is 0 Å². The highest BCUT2D eigenvalue weighted by Crippen LogP contribution is 2.27. The molecule has 0 spiro atoms. The minimum atomic E-state index is 0.456. The van der Waals surface area contributed by atoms with E-state index in [1.807, 2.05) is 0 Å². The van der Waals surface area contributed by atoms with Crippen molar-refractivity contribution in [1.29, 1.82) is 0 Å². The van der Waals surface area contributed by atoms with Gasteiger partial charge in [-0.15, -0.1) is 0 Å². The van der Waals surface area contributed by atoms with Crippen molar-refractivity contribution in [3.05, 3.63) is 35.4 Å². The highest BCUT2D eigenvalue weighted by Gasteiger charge is 2.17. The summed E-state index contributed by atoms with van der Waals surface area (Å²) in [6.45, 7) is 6.78. The van der Waals surface area contributed by atoms with Gasteiger partial charge in [-0.2, -0.15) is 11.8 Å². The van der Waals surface area contributed by atoms with Gasteiger partial charge >= 0.3 is 0 Å². The quantitative estimate of drug-likeness (QED) is 0.698. The number of hydrogen-bond donors (Lipinski definition) is 1. The van der Waals surface area contributed by atoms with Crippen LogP contribution in [0.4, 0.5) is 0 Å². The maximum Gasteiger partial charge on any atom is 0.0435 e. The minimum Gasteiger partial charge on any atom is -0.312 e. The SMILES string of the molecule is CCCCSC(C)C(NC)c1ccc(CC)cc1. The van der Waals surface area contributed by atoms with Crippen molar-refractivity contribution < 1.29 is 0 Å². The Morgan fingerprint density at radius 1 is 1.17 bits per heavy atom. The molecular weight excluding hydrogens is 238 g/mol. The summed E-state index contributed by atoms with van der Waals surface area (Å²) in [5, 5.41) is 4.08. The molecule has 0 amide bonds. The Kier molecular flexibility index (Phi) is 7.45. The smallest absolute Gasteiger partial charge is 0.0435 e. The Hall–Kier alpha value is -0.470. The van der Waals surface area contributed by atoms with Gasteiger partial charge in [0.2, 0.25) is 0 Å². The molecule has 0 fully saturated rings. The fraction of sp³-hybridized carbons (Fsp3) is 0.625. The summed E-state index contributed by atoms with van der Waals surface area (Å²) in [7, 11) is 2.06. The van der Waals surface area contributed by atoms with Gasteiger partial charge in [-0.05, 0) is 36.8 Å². The molecule has 0 saturated heterocycles. The summed E-state index contributed by atoms with van der Waals surface area (Å²) in [6, 6.07) is 9.51. The number of benzene rings is 1. The third-order valence-corrected chi connectivity index (χ3v) is 4.73. The predicted octanol–water partition coefficient (Wildman–Crippen LogP) is 4.43. The topological polar surface area (TPSA) is 12.0 Å². The van der Waals surface area contributed by atoms with Crippen LogP contribution in [0.1, 0.15) is 50.8 Å². The lowest BCUT2D eigenvalue weighted by molar-refractivity contribution is 0.588. The maximum absolute atomic E-state index is 3.46. The summed E-state index contributed by atoms with van der Waals surface area (Å²) >= 11 is 2.08. The molecule has 0 radical (unpaired) electrons. The number of unbranched alkanes of at least 4 members (excludes halogenated alkanes) is 1. The third kappa shape index (κ3) is 4.66. The normalized spacial score (nSPS) is 14.4. The van der Waals surface area contributed by atoms with Gasteiger partial charge in [0, 0.05) is 11.3 Å². The molecule has 0 aromatic heterocycles. The Balaban J connectivity index is 2.62. The lowest BCUT2D eigenvalue weighted by atomic mass is 10.0. The number of nitrogens with one attached hydrogen (secondary N) is 1. The molecule has 2 heteroatoms. The zero-order valence-corrected chi connectivity index (χ0v) is 13.0. The van der Waals surface area contributed by atoms with E-state index in [0.717, 1.165) is 6.42 Å². The van der Waals surface area contributed by atoms with E-state index in [1.54, 1.807) is 0 Å². The van der Waals surface area contributed by atoms with E-state index in [1.165, 1.54) is 29.7 Å². The Morgan fingerprint density at radius 3 is 2.33 bits per heavy atom. The third-order valence-electron chi connectivity index (χ3n) is 3.41. The van der Waals surface area contributed by atoms with Crippen molar-refractivity contribution in [2.24, 2.45) is 0 Å². The molecule has 102 valence electrons. The lowest BCUT2D eigenvalue weighted by Gasteiger charge is -2.24. The van der Waals surface area contributed by atoms with Crippen molar-refractivity contribution in [3.63, 3.8) is 0 Å². The summed E-state index contributed by atoms with van der Waals surface area (Å²) in [5.74, 6) is 1.27. The summed E-state index contributed by atoms with van der Waals surface area (Å²) in [5.41, 5.74) is 2.83. The number of aryl methyl sites for hydroxylation is 1. The average Bonchev–Trinajstić information content (AvgIpc) is 2.41. The van der Waals surface area contributed by atoms with E-state index in [0.29, 0.717) is 11.3 Å². The van der Waals surface area contributed by atoms with E-state index < -0.39 is 0 Å². The van der Waals surface area contributed by atoms with Crippen LogP contribution in [-0.4, -0.2) is 18.1 Å². The van der Waals surface area contributed by atoms with Gasteiger partial charge in [0.25, 0.3) is 0 Å². The van der Waals surface area contributed by atoms with Gasteiger partial charge in [-0.1, -0.05) is 51.5 Å². The van der Waals surface area contributed by atoms with E-state index in [9.17, 15) is 0 Å². The first kappa shape index (κ1) is 15.6. The highest BCUT2D eigenvalue weighted by molar-refractivity contribution is 7.99. The number of thioether (sulfide) groups is 1. The maximum atomic E-state index is 3.46. The Labute approximate surface area is 117 Å². The molecule has 18 heavy (non-hydrogen) atoms. The van der Waals surface area contributed by atoms with Gasteiger partial charge < -0.3 is 5.32 Å². The zero-order chi connectivity index (χ0) is 13.4. The molecule has 1 rings (SSSR count). The molecule has 2 atom stereocenters. The van der Waals surface area contributed by atoms with Crippen LogP contribution in [0.15, 0.2) is 24.3 Å². The summed E-state index contributed by atoms with van der Waals surface area (Å²) in [4.78, 5) is 0. The molecule has 2 unspecified atom stereocenters. The lowest BCUT2D eigenvalue weighted by Crippen LogP contribution is -2.25. The molecule has 1 aromatic rings. The molecule has 0 saturated carbocycles. The first-order chi connectivity index (χ1) is 8.72. The molecule has 0 aliphatic rings. The Morgan fingerprint density at radius 2 is 1.83 bits per heavy atom. The number of hydrogen-bond acceptors (Lipinski definition) is 2. The van der Waals surface area contributed by atoms with Crippen molar-refractivity contribution in [2.75, 3.05) is 12.8 Å². The van der Waals surface area contributed by atoms with Crippen LogP contribution >= 0.6 is 11.8 Å². The van der Waals surface area contributed by atoms with Crippen molar-refractivity contribution in [2.45, 2.75) is 51.3 Å². The molecule has 1 N–H and O–H groups in total. The van der Waals surface area contributed by atoms with E-state index in [4.69, 9.17) is 0 Å². The Bertz CT molecular complexity index is 320. The fourth-order valence-corrected chi connectivity index (χ4v) is 3.46. The highest BCUT2D eigenvalue weighted by atomic mass is 32.2. The van der Waals surface area contributed by atoms with Gasteiger partial charge in [0.15, 0.2) is 0 Å². The molecule has 0 aliphatic carbocycles. The average molecular weight is 265 g/mol. The van der Waals surface area contributed by atoms with Crippen LogP contribution in [0.3, 0.4) is 0 Å². The first-order valence-electron chi connectivity index (χ1n) is 7.10. The monoisotopic (exact) mass is 265 g/mol. The van der Waals surface area contributed by atoms with Crippen LogP contribution in [0, 0.1) is 0 Å². The van der Waals surface area contributed by atoms with E-state index in [2.05, 4.69) is 69.2 Å². The summed E-state index contributed by atoms with van der Waals surface area (Å²) < 4.78 is 0. The van der Waals surface area contributed by atoms with Crippen LogP contribution in [-0.2, 0) is 6.42 Å². The van der Waals surface area contributed by atoms with Gasteiger partial charge in [-0.25, -0.2) is 0 Å². The number of rotatable bonds is 8. The second-order valence-electron chi connectivity index (χ2n) is 4.79. The molecular formula is C16H27NS. The minimum absolute atomic E-state index is 0.456. The molecule has 1 aromatic carbocycles. The fourth-order valence-electron chi connectivity index (χ4n) is 2.14. The predicted molar refractivity (Wildman–Crippen MR) is 84.4 cm³/mol. The van der Waals surface area contributed by atoms with Crippen molar-refractivity contribution >= 4 is 11.8 Å². The second kappa shape index (κ2) is 8.60. The molecule has 1 nitrogen and oxygen atoms in total. The second-order valence-corrected chi connectivity index (χ2v) is 6.28. The van der Waals surface area contributed by atoms with Crippen LogP contribution in [0.25, 0.3) is 0 Å². The van der Waals surface area contributed by atoms with Crippen molar-refractivity contribution in [3.8, 4) is 0 Å². The molecule has 0 heterocycles. The van der Waals surface area contributed by atoms with E-state index in [-0.39, 0.29) is 0 Å². The van der Waals surface area contributed by atoms with Crippen molar-refractivity contribution in [1.82, 2.24) is 5.32 Å². The van der Waals surface area contributed by atoms with Gasteiger partial charge in [0.05, 0.1) is 0 Å². The standard InChI is InChI=1S/C16H27NS/c1-5-7-12-18-13(3)16(17-4)15-10-8-14(6-2)9-11-15/h8-11,13,16-17H,5-7,12H2,1-4H3. The molecule has 0 bridgehead atoms. The largest absolute Gasteiger partial charge is 0.312 e. The van der Waals surface area contributed by atoms with Gasteiger partial charge in [0.1, 0.15) is 0 Å². The van der Waals surface area contributed by atoms with Crippen LogP contribution in [0.2, 0.25) is 0 Å².